The number of benzene rings is 2. The van der Waals surface area contributed by atoms with E-state index in [2.05, 4.69) is 5.32 Å². The molecular formula is C20H22N2O6. The monoisotopic (exact) mass is 386 g/mol. The largest absolute Gasteiger partial charge is 0.444 e. The molecule has 0 bridgehead atoms. The number of nitrogens with zero attached hydrogens (tertiary/aromatic N) is 1. The number of ether oxygens (including phenoxy) is 2. The van der Waals surface area contributed by atoms with Crippen molar-refractivity contribution in [2.45, 2.75) is 38.8 Å². The molecule has 0 aliphatic heterocycles. The Morgan fingerprint density at radius 2 is 1.68 bits per heavy atom. The maximum atomic E-state index is 12.7. The van der Waals surface area contributed by atoms with E-state index in [-0.39, 0.29) is 17.9 Å². The van der Waals surface area contributed by atoms with Crippen molar-refractivity contribution in [3.05, 3.63) is 70.3 Å². The minimum atomic E-state index is -1.09. The SMILES string of the molecule is CC(C)(C)OC(=O)N[C@H](Cc1ccccc1)C(=O)Oc1ccccc1[N+](=O)[O-]. The molecule has 0 aromatic heterocycles. The van der Waals surface area contributed by atoms with Gasteiger partial charge in [-0.2, -0.15) is 0 Å². The predicted molar refractivity (Wildman–Crippen MR) is 102 cm³/mol. The highest BCUT2D eigenvalue weighted by atomic mass is 16.6. The first-order chi connectivity index (χ1) is 13.2. The number of hydrogen-bond acceptors (Lipinski definition) is 6. The lowest BCUT2D eigenvalue weighted by Crippen LogP contribution is -2.46. The number of alkyl carbamates (subject to hydrolysis) is 1. The Balaban J connectivity index is 2.21. The molecular weight excluding hydrogens is 364 g/mol. The van der Waals surface area contributed by atoms with Crippen LogP contribution in [0.1, 0.15) is 26.3 Å². The van der Waals surface area contributed by atoms with Gasteiger partial charge >= 0.3 is 17.7 Å². The highest BCUT2D eigenvalue weighted by Gasteiger charge is 2.28. The van der Waals surface area contributed by atoms with Gasteiger partial charge in [-0.15, -0.1) is 0 Å². The molecule has 1 atom stereocenters. The molecule has 0 spiro atoms. The van der Waals surface area contributed by atoms with E-state index in [1.54, 1.807) is 45.0 Å². The average molecular weight is 386 g/mol. The van der Waals surface area contributed by atoms with Gasteiger partial charge in [0, 0.05) is 12.5 Å². The minimum absolute atomic E-state index is 0.138. The van der Waals surface area contributed by atoms with Crippen molar-refractivity contribution in [1.82, 2.24) is 5.32 Å². The molecule has 0 unspecified atom stereocenters. The minimum Gasteiger partial charge on any atom is -0.444 e. The van der Waals surface area contributed by atoms with Gasteiger partial charge in [-0.25, -0.2) is 9.59 Å². The first-order valence-electron chi connectivity index (χ1n) is 8.64. The van der Waals surface area contributed by atoms with E-state index in [1.165, 1.54) is 24.3 Å². The number of esters is 1. The fourth-order valence-electron chi connectivity index (χ4n) is 2.37. The molecule has 0 saturated carbocycles. The van der Waals surface area contributed by atoms with E-state index in [4.69, 9.17) is 9.47 Å². The van der Waals surface area contributed by atoms with Crippen LogP contribution in [0.2, 0.25) is 0 Å². The normalized spacial score (nSPS) is 12.0. The Labute approximate surface area is 162 Å². The number of carbonyl (C=O) groups is 2. The van der Waals surface area contributed by atoms with Gasteiger partial charge in [0.05, 0.1) is 4.92 Å². The lowest BCUT2D eigenvalue weighted by molar-refractivity contribution is -0.385. The number of nitrogens with one attached hydrogen (secondary N) is 1. The molecule has 0 heterocycles. The maximum Gasteiger partial charge on any atom is 0.408 e. The van der Waals surface area contributed by atoms with E-state index in [0.29, 0.717) is 0 Å². The molecule has 8 nitrogen and oxygen atoms in total. The van der Waals surface area contributed by atoms with E-state index in [0.717, 1.165) is 5.56 Å². The number of nitro groups is 1. The van der Waals surface area contributed by atoms with Gasteiger partial charge in [0.1, 0.15) is 11.6 Å². The zero-order chi connectivity index (χ0) is 20.7. The summed E-state index contributed by atoms with van der Waals surface area (Å²) in [7, 11) is 0. The third-order valence-corrected chi connectivity index (χ3v) is 3.53. The van der Waals surface area contributed by atoms with Crippen molar-refractivity contribution >= 4 is 17.7 Å². The summed E-state index contributed by atoms with van der Waals surface area (Å²) in [6, 6.07) is 13.5. The van der Waals surface area contributed by atoms with Crippen LogP contribution in [-0.4, -0.2) is 28.6 Å². The van der Waals surface area contributed by atoms with Gasteiger partial charge < -0.3 is 14.8 Å². The van der Waals surface area contributed by atoms with E-state index < -0.39 is 28.6 Å². The van der Waals surface area contributed by atoms with Crippen LogP contribution in [-0.2, 0) is 16.0 Å². The second kappa shape index (κ2) is 8.98. The lowest BCUT2D eigenvalue weighted by Gasteiger charge is -2.23. The summed E-state index contributed by atoms with van der Waals surface area (Å²) in [5.41, 5.74) is -0.307. The Morgan fingerprint density at radius 3 is 2.29 bits per heavy atom. The van der Waals surface area contributed by atoms with Gasteiger partial charge in [0.2, 0.25) is 5.75 Å². The number of amides is 1. The zero-order valence-corrected chi connectivity index (χ0v) is 15.9. The van der Waals surface area contributed by atoms with Crippen molar-refractivity contribution in [2.24, 2.45) is 0 Å². The van der Waals surface area contributed by atoms with Crippen LogP contribution >= 0.6 is 0 Å². The standard InChI is InChI=1S/C20H22N2O6/c1-20(2,3)28-19(24)21-15(13-14-9-5-4-6-10-14)18(23)27-17-12-8-7-11-16(17)22(25)26/h4-12,15H,13H2,1-3H3,(H,21,24)/t15-/m1/s1. The molecule has 2 aromatic rings. The molecule has 2 rings (SSSR count). The molecule has 148 valence electrons. The third-order valence-electron chi connectivity index (χ3n) is 3.53. The van der Waals surface area contributed by atoms with Gasteiger partial charge in [0.15, 0.2) is 0 Å². The van der Waals surface area contributed by atoms with Gasteiger partial charge in [0.25, 0.3) is 0 Å². The molecule has 0 fully saturated rings. The summed E-state index contributed by atoms with van der Waals surface area (Å²) < 4.78 is 10.4. The van der Waals surface area contributed by atoms with E-state index in [9.17, 15) is 19.7 Å². The molecule has 0 aliphatic rings. The summed E-state index contributed by atoms with van der Waals surface area (Å²) in [5, 5.41) is 13.6. The quantitative estimate of drug-likeness (QED) is 0.351. The molecule has 2 aromatic carbocycles. The Kier molecular flexibility index (Phi) is 6.70. The van der Waals surface area contributed by atoms with Crippen molar-refractivity contribution in [1.29, 1.82) is 0 Å². The zero-order valence-electron chi connectivity index (χ0n) is 15.9. The number of para-hydroxylation sites is 2. The summed E-state index contributed by atoms with van der Waals surface area (Å²) in [6.45, 7) is 5.10. The molecule has 0 aliphatic carbocycles. The third kappa shape index (κ3) is 6.39. The fourth-order valence-corrected chi connectivity index (χ4v) is 2.37. The first-order valence-corrected chi connectivity index (χ1v) is 8.64. The first kappa shape index (κ1) is 20.9. The summed E-state index contributed by atoms with van der Waals surface area (Å²) in [5.74, 6) is -1.02. The van der Waals surface area contributed by atoms with Gasteiger partial charge in [-0.05, 0) is 32.4 Å². The van der Waals surface area contributed by atoms with Crippen molar-refractivity contribution < 1.29 is 24.0 Å². The molecule has 8 heteroatoms. The molecule has 0 saturated heterocycles. The summed E-state index contributed by atoms with van der Waals surface area (Å²) >= 11 is 0. The summed E-state index contributed by atoms with van der Waals surface area (Å²) in [4.78, 5) is 35.3. The Hall–Kier alpha value is -3.42. The highest BCUT2D eigenvalue weighted by molar-refractivity contribution is 5.84. The number of hydrogen-bond donors (Lipinski definition) is 1. The second-order valence-electron chi connectivity index (χ2n) is 7.03. The van der Waals surface area contributed by atoms with Gasteiger partial charge in [-0.1, -0.05) is 42.5 Å². The average Bonchev–Trinajstić information content (AvgIpc) is 2.60. The number of nitro benzene ring substituents is 1. The van der Waals surface area contributed by atoms with Crippen molar-refractivity contribution in [3.8, 4) is 5.75 Å². The maximum absolute atomic E-state index is 12.7. The van der Waals surface area contributed by atoms with Crippen LogP contribution in [0.4, 0.5) is 10.5 Å². The summed E-state index contributed by atoms with van der Waals surface area (Å²) in [6.07, 6.45) is -0.646. The smallest absolute Gasteiger partial charge is 0.408 e. The van der Waals surface area contributed by atoms with Crippen LogP contribution in [0, 0.1) is 10.1 Å². The van der Waals surface area contributed by atoms with Crippen LogP contribution in [0.3, 0.4) is 0 Å². The van der Waals surface area contributed by atoms with Crippen LogP contribution in [0.15, 0.2) is 54.6 Å². The number of rotatable bonds is 6. The van der Waals surface area contributed by atoms with Crippen molar-refractivity contribution in [3.63, 3.8) is 0 Å². The van der Waals surface area contributed by atoms with Crippen LogP contribution in [0.5, 0.6) is 5.75 Å². The lowest BCUT2D eigenvalue weighted by atomic mass is 10.1. The van der Waals surface area contributed by atoms with Crippen LogP contribution in [0.25, 0.3) is 0 Å². The van der Waals surface area contributed by atoms with Gasteiger partial charge in [-0.3, -0.25) is 10.1 Å². The Morgan fingerprint density at radius 1 is 1.07 bits per heavy atom. The highest BCUT2D eigenvalue weighted by Crippen LogP contribution is 2.26. The van der Waals surface area contributed by atoms with Crippen molar-refractivity contribution in [2.75, 3.05) is 0 Å². The fraction of sp³-hybridized carbons (Fsp3) is 0.300. The Bertz CT molecular complexity index is 845. The predicted octanol–water partition coefficient (Wildman–Crippen LogP) is 3.64. The molecule has 1 amide bonds. The second-order valence-corrected chi connectivity index (χ2v) is 7.03. The number of carbonyl (C=O) groups excluding carboxylic acids is 2. The van der Waals surface area contributed by atoms with E-state index in [1.807, 2.05) is 6.07 Å². The molecule has 0 radical (unpaired) electrons. The topological polar surface area (TPSA) is 108 Å². The molecule has 28 heavy (non-hydrogen) atoms. The van der Waals surface area contributed by atoms with Crippen LogP contribution < -0.4 is 10.1 Å². The van der Waals surface area contributed by atoms with E-state index >= 15 is 0 Å². The molecule has 1 N–H and O–H groups in total.